The van der Waals surface area contributed by atoms with Gasteiger partial charge in [0.15, 0.2) is 0 Å². The second-order valence-corrected chi connectivity index (χ2v) is 3.75. The molecule has 1 aromatic heterocycles. The molecule has 1 N–H and O–H groups in total. The molecule has 2 rings (SSSR count). The molecule has 0 unspecified atom stereocenters. The first-order chi connectivity index (χ1) is 8.22. The van der Waals surface area contributed by atoms with E-state index in [0.29, 0.717) is 22.8 Å². The minimum atomic E-state index is -0.498. The number of anilines is 1. The number of halogens is 1. The SMILES string of the molecule is CCOC(=O)Nc1ccc(Cl)c2cccnc12. The molecule has 0 spiro atoms. The fraction of sp³-hybridized carbons (Fsp3) is 0.167. The number of carbonyl (C=O) groups excluding carboxylic acids is 1. The lowest BCUT2D eigenvalue weighted by molar-refractivity contribution is 0.168. The topological polar surface area (TPSA) is 51.2 Å². The van der Waals surface area contributed by atoms with Crippen LogP contribution >= 0.6 is 11.6 Å². The quantitative estimate of drug-likeness (QED) is 0.888. The average molecular weight is 251 g/mol. The number of ether oxygens (including phenoxy) is 1. The van der Waals surface area contributed by atoms with Gasteiger partial charge in [0.05, 0.1) is 22.8 Å². The highest BCUT2D eigenvalue weighted by Gasteiger charge is 2.08. The van der Waals surface area contributed by atoms with E-state index in [9.17, 15) is 4.79 Å². The van der Waals surface area contributed by atoms with Crippen molar-refractivity contribution in [3.63, 3.8) is 0 Å². The van der Waals surface area contributed by atoms with E-state index in [1.807, 2.05) is 6.07 Å². The van der Waals surface area contributed by atoms with Gasteiger partial charge in [0.25, 0.3) is 0 Å². The maximum Gasteiger partial charge on any atom is 0.411 e. The van der Waals surface area contributed by atoms with Crippen LogP contribution in [-0.2, 0) is 4.74 Å². The normalized spacial score (nSPS) is 10.2. The third-order valence-electron chi connectivity index (χ3n) is 2.23. The number of carbonyl (C=O) groups is 1. The van der Waals surface area contributed by atoms with Crippen molar-refractivity contribution in [3.8, 4) is 0 Å². The van der Waals surface area contributed by atoms with Crippen molar-refractivity contribution in [1.29, 1.82) is 0 Å². The van der Waals surface area contributed by atoms with Crippen molar-refractivity contribution < 1.29 is 9.53 Å². The molecule has 0 bridgehead atoms. The van der Waals surface area contributed by atoms with Gasteiger partial charge in [-0.3, -0.25) is 10.3 Å². The molecule has 1 aromatic carbocycles. The van der Waals surface area contributed by atoms with Gasteiger partial charge in [-0.1, -0.05) is 11.6 Å². The van der Waals surface area contributed by atoms with Crippen molar-refractivity contribution >= 4 is 34.3 Å². The lowest BCUT2D eigenvalue weighted by Gasteiger charge is -2.08. The summed E-state index contributed by atoms with van der Waals surface area (Å²) in [5.41, 5.74) is 1.23. The molecule has 0 aliphatic heterocycles. The van der Waals surface area contributed by atoms with Crippen LogP contribution in [0.2, 0.25) is 5.02 Å². The summed E-state index contributed by atoms with van der Waals surface area (Å²) in [4.78, 5) is 15.5. The molecule has 4 nitrogen and oxygen atoms in total. The zero-order chi connectivity index (χ0) is 12.3. The van der Waals surface area contributed by atoms with Crippen molar-refractivity contribution in [2.45, 2.75) is 6.92 Å². The Hall–Kier alpha value is -1.81. The second-order valence-electron chi connectivity index (χ2n) is 3.34. The first-order valence-electron chi connectivity index (χ1n) is 5.19. The number of hydrogen-bond donors (Lipinski definition) is 1. The fourth-order valence-corrected chi connectivity index (χ4v) is 1.73. The molecule has 1 amide bonds. The van der Waals surface area contributed by atoms with Crippen molar-refractivity contribution in [2.24, 2.45) is 0 Å². The minimum Gasteiger partial charge on any atom is -0.450 e. The molecule has 2 aromatic rings. The van der Waals surface area contributed by atoms with Crippen molar-refractivity contribution in [1.82, 2.24) is 4.98 Å². The molecule has 0 saturated carbocycles. The van der Waals surface area contributed by atoms with Gasteiger partial charge >= 0.3 is 6.09 Å². The van der Waals surface area contributed by atoms with Crippen LogP contribution in [0.25, 0.3) is 10.9 Å². The number of aromatic nitrogens is 1. The van der Waals surface area contributed by atoms with E-state index in [4.69, 9.17) is 16.3 Å². The molecule has 0 atom stereocenters. The third kappa shape index (κ3) is 2.47. The van der Waals surface area contributed by atoms with E-state index in [2.05, 4.69) is 10.3 Å². The summed E-state index contributed by atoms with van der Waals surface area (Å²) in [6.45, 7) is 2.07. The van der Waals surface area contributed by atoms with Gasteiger partial charge in [-0.2, -0.15) is 0 Å². The molecule has 0 aliphatic carbocycles. The van der Waals surface area contributed by atoms with Gasteiger partial charge in [0.1, 0.15) is 0 Å². The van der Waals surface area contributed by atoms with E-state index in [-0.39, 0.29) is 0 Å². The van der Waals surface area contributed by atoms with Gasteiger partial charge in [0, 0.05) is 11.6 Å². The summed E-state index contributed by atoms with van der Waals surface area (Å²) >= 11 is 6.04. The van der Waals surface area contributed by atoms with Gasteiger partial charge in [0.2, 0.25) is 0 Å². The Bertz CT molecular complexity index is 557. The zero-order valence-corrected chi connectivity index (χ0v) is 9.99. The molecule has 0 radical (unpaired) electrons. The summed E-state index contributed by atoms with van der Waals surface area (Å²) in [5, 5.41) is 4.03. The first kappa shape index (κ1) is 11.7. The van der Waals surface area contributed by atoms with Crippen LogP contribution in [-0.4, -0.2) is 17.7 Å². The van der Waals surface area contributed by atoms with Gasteiger partial charge in [-0.25, -0.2) is 4.79 Å². The van der Waals surface area contributed by atoms with Crippen LogP contribution in [0.1, 0.15) is 6.92 Å². The Morgan fingerprint density at radius 2 is 2.29 bits per heavy atom. The van der Waals surface area contributed by atoms with Crippen LogP contribution in [0.4, 0.5) is 10.5 Å². The van der Waals surface area contributed by atoms with E-state index in [0.717, 1.165) is 5.39 Å². The standard InChI is InChI=1S/C12H11ClN2O2/c1-2-17-12(16)15-10-6-5-9(13)8-4-3-7-14-11(8)10/h3-7H,2H2,1H3,(H,15,16). The summed E-state index contributed by atoms with van der Waals surface area (Å²) in [6.07, 6.45) is 1.15. The van der Waals surface area contributed by atoms with Gasteiger partial charge in [-0.05, 0) is 31.2 Å². The monoisotopic (exact) mass is 250 g/mol. The molecular weight excluding hydrogens is 240 g/mol. The molecule has 0 aliphatic rings. The van der Waals surface area contributed by atoms with Crippen LogP contribution in [0.3, 0.4) is 0 Å². The highest BCUT2D eigenvalue weighted by atomic mass is 35.5. The Morgan fingerprint density at radius 1 is 1.47 bits per heavy atom. The average Bonchev–Trinajstić information content (AvgIpc) is 2.34. The number of amides is 1. The maximum absolute atomic E-state index is 11.3. The number of pyridine rings is 1. The lowest BCUT2D eigenvalue weighted by Crippen LogP contribution is -2.13. The van der Waals surface area contributed by atoms with Gasteiger partial charge in [-0.15, -0.1) is 0 Å². The third-order valence-corrected chi connectivity index (χ3v) is 2.56. The van der Waals surface area contributed by atoms with Crippen molar-refractivity contribution in [2.75, 3.05) is 11.9 Å². The van der Waals surface area contributed by atoms with Crippen LogP contribution < -0.4 is 5.32 Å². The largest absolute Gasteiger partial charge is 0.450 e. The summed E-state index contributed by atoms with van der Waals surface area (Å²) in [5.74, 6) is 0. The van der Waals surface area contributed by atoms with E-state index >= 15 is 0 Å². The molecule has 0 fully saturated rings. The zero-order valence-electron chi connectivity index (χ0n) is 9.24. The summed E-state index contributed by atoms with van der Waals surface area (Å²) in [7, 11) is 0. The Balaban J connectivity index is 2.41. The minimum absolute atomic E-state index is 0.324. The number of fused-ring (bicyclic) bond motifs is 1. The van der Waals surface area contributed by atoms with Gasteiger partial charge < -0.3 is 4.74 Å². The Morgan fingerprint density at radius 3 is 3.06 bits per heavy atom. The van der Waals surface area contributed by atoms with E-state index < -0.39 is 6.09 Å². The fourth-order valence-electron chi connectivity index (χ4n) is 1.52. The lowest BCUT2D eigenvalue weighted by atomic mass is 10.2. The Labute approximate surface area is 104 Å². The molecule has 0 saturated heterocycles. The predicted octanol–water partition coefficient (Wildman–Crippen LogP) is 3.46. The van der Waals surface area contributed by atoms with Crippen LogP contribution in [0, 0.1) is 0 Å². The summed E-state index contributed by atoms with van der Waals surface area (Å²) < 4.78 is 4.81. The molecule has 17 heavy (non-hydrogen) atoms. The summed E-state index contributed by atoms with van der Waals surface area (Å²) in [6, 6.07) is 7.06. The number of hydrogen-bond acceptors (Lipinski definition) is 3. The molecule has 5 heteroatoms. The highest BCUT2D eigenvalue weighted by Crippen LogP contribution is 2.27. The number of nitrogens with zero attached hydrogens (tertiary/aromatic N) is 1. The van der Waals surface area contributed by atoms with E-state index in [1.54, 1.807) is 31.3 Å². The van der Waals surface area contributed by atoms with Crippen molar-refractivity contribution in [3.05, 3.63) is 35.5 Å². The number of nitrogens with one attached hydrogen (secondary N) is 1. The van der Waals surface area contributed by atoms with E-state index in [1.165, 1.54) is 0 Å². The predicted molar refractivity (Wildman–Crippen MR) is 67.4 cm³/mol. The number of benzene rings is 1. The second kappa shape index (κ2) is 5.01. The smallest absolute Gasteiger partial charge is 0.411 e. The first-order valence-corrected chi connectivity index (χ1v) is 5.57. The van der Waals surface area contributed by atoms with Crippen LogP contribution in [0.5, 0.6) is 0 Å². The molecule has 88 valence electrons. The maximum atomic E-state index is 11.3. The van der Waals surface area contributed by atoms with Crippen LogP contribution in [0.15, 0.2) is 30.5 Å². The molecular formula is C12H11ClN2O2. The molecule has 1 heterocycles. The highest BCUT2D eigenvalue weighted by molar-refractivity contribution is 6.35. The number of rotatable bonds is 2. The Kier molecular flexibility index (Phi) is 3.44.